The molecule has 0 saturated heterocycles. The molecule has 1 aliphatic rings. The Morgan fingerprint density at radius 1 is 1.19 bits per heavy atom. The van der Waals surface area contributed by atoms with Crippen LogP contribution >= 0.6 is 11.8 Å². The summed E-state index contributed by atoms with van der Waals surface area (Å²) < 4.78 is 44.4. The van der Waals surface area contributed by atoms with E-state index in [-0.39, 0.29) is 22.6 Å². The second-order valence-electron chi connectivity index (χ2n) is 6.12. The molecule has 0 radical (unpaired) electrons. The van der Waals surface area contributed by atoms with Gasteiger partial charge in [-0.3, -0.25) is 4.79 Å². The minimum Gasteiger partial charge on any atom is -0.416 e. The lowest BCUT2D eigenvalue weighted by molar-refractivity contribution is -0.137. The Labute approximate surface area is 152 Å². The molecule has 0 spiro atoms. The first-order chi connectivity index (χ1) is 12.4. The summed E-state index contributed by atoms with van der Waals surface area (Å²) in [5.41, 5.74) is -1.14. The van der Waals surface area contributed by atoms with Gasteiger partial charge in [0.2, 0.25) is 11.8 Å². The number of para-hydroxylation sites is 1. The van der Waals surface area contributed by atoms with E-state index in [0.717, 1.165) is 43.5 Å². The molecule has 0 unspecified atom stereocenters. The number of hydrogen-bond acceptors (Lipinski definition) is 5. The molecule has 1 N–H and O–H groups in total. The first-order valence-electron chi connectivity index (χ1n) is 8.36. The number of benzene rings is 1. The SMILES string of the molecule is O=C(CSc1nnc(C2CCCCC2)o1)Nc1ccccc1C(F)(F)F. The van der Waals surface area contributed by atoms with Crippen LogP contribution in [0.25, 0.3) is 0 Å². The second kappa shape index (κ2) is 8.11. The van der Waals surface area contributed by atoms with E-state index in [0.29, 0.717) is 5.89 Å². The zero-order valence-electron chi connectivity index (χ0n) is 13.9. The summed E-state index contributed by atoms with van der Waals surface area (Å²) in [5, 5.41) is 10.5. The number of anilines is 1. The molecule has 2 aromatic rings. The topological polar surface area (TPSA) is 68.0 Å². The largest absolute Gasteiger partial charge is 0.418 e. The predicted molar refractivity (Wildman–Crippen MR) is 90.9 cm³/mol. The van der Waals surface area contributed by atoms with Crippen LogP contribution in [-0.4, -0.2) is 21.9 Å². The number of nitrogens with zero attached hydrogens (tertiary/aromatic N) is 2. The van der Waals surface area contributed by atoms with Crippen LogP contribution in [0.5, 0.6) is 0 Å². The first-order valence-corrected chi connectivity index (χ1v) is 9.34. The van der Waals surface area contributed by atoms with Crippen LogP contribution in [0, 0.1) is 0 Å². The van der Waals surface area contributed by atoms with E-state index in [1.807, 2.05) is 0 Å². The summed E-state index contributed by atoms with van der Waals surface area (Å²) in [6.45, 7) is 0. The highest BCUT2D eigenvalue weighted by molar-refractivity contribution is 7.99. The van der Waals surface area contributed by atoms with Gasteiger partial charge in [0.15, 0.2) is 0 Å². The number of aromatic nitrogens is 2. The minimum atomic E-state index is -4.53. The molecule has 3 rings (SSSR count). The van der Waals surface area contributed by atoms with Gasteiger partial charge in [-0.1, -0.05) is 43.2 Å². The maximum absolute atomic E-state index is 12.9. The van der Waals surface area contributed by atoms with Crippen molar-refractivity contribution in [1.82, 2.24) is 10.2 Å². The molecule has 1 aromatic carbocycles. The minimum absolute atomic E-state index is 0.113. The molecule has 5 nitrogen and oxygen atoms in total. The van der Waals surface area contributed by atoms with Crippen molar-refractivity contribution in [2.45, 2.75) is 49.4 Å². The Hall–Kier alpha value is -2.03. The molecular weight excluding hydrogens is 367 g/mol. The van der Waals surface area contributed by atoms with Crippen molar-refractivity contribution >= 4 is 23.4 Å². The molecule has 1 aliphatic carbocycles. The van der Waals surface area contributed by atoms with Gasteiger partial charge in [-0.05, 0) is 25.0 Å². The lowest BCUT2D eigenvalue weighted by Crippen LogP contribution is -2.18. The lowest BCUT2D eigenvalue weighted by atomic mass is 9.89. The molecule has 9 heteroatoms. The Morgan fingerprint density at radius 3 is 2.65 bits per heavy atom. The van der Waals surface area contributed by atoms with Crippen LogP contribution in [0.15, 0.2) is 33.9 Å². The smallest absolute Gasteiger partial charge is 0.416 e. The van der Waals surface area contributed by atoms with E-state index >= 15 is 0 Å². The number of hydrogen-bond donors (Lipinski definition) is 1. The van der Waals surface area contributed by atoms with Crippen LogP contribution in [-0.2, 0) is 11.0 Å². The Kier molecular flexibility index (Phi) is 5.85. The van der Waals surface area contributed by atoms with E-state index in [4.69, 9.17) is 4.42 Å². The average Bonchev–Trinajstić information content (AvgIpc) is 3.09. The van der Waals surface area contributed by atoms with Gasteiger partial charge in [0.1, 0.15) is 0 Å². The monoisotopic (exact) mass is 385 g/mol. The maximum atomic E-state index is 12.9. The number of halogens is 3. The summed E-state index contributed by atoms with van der Waals surface area (Å²) in [7, 11) is 0. The molecular formula is C17H18F3N3O2S. The normalized spacial score (nSPS) is 15.8. The summed E-state index contributed by atoms with van der Waals surface area (Å²) in [4.78, 5) is 12.0. The second-order valence-corrected chi connectivity index (χ2v) is 7.05. The van der Waals surface area contributed by atoms with E-state index < -0.39 is 17.6 Å². The van der Waals surface area contributed by atoms with Crippen molar-refractivity contribution in [3.05, 3.63) is 35.7 Å². The van der Waals surface area contributed by atoms with Crippen LogP contribution in [0.4, 0.5) is 18.9 Å². The average molecular weight is 385 g/mol. The number of thioether (sulfide) groups is 1. The molecule has 26 heavy (non-hydrogen) atoms. The Balaban J connectivity index is 1.56. The van der Waals surface area contributed by atoms with Crippen molar-refractivity contribution in [3.63, 3.8) is 0 Å². The fourth-order valence-corrected chi connectivity index (χ4v) is 3.52. The van der Waals surface area contributed by atoms with E-state index in [1.165, 1.54) is 24.6 Å². The third kappa shape index (κ3) is 4.78. The predicted octanol–water partition coefficient (Wildman–Crippen LogP) is 4.87. The number of carbonyl (C=O) groups excluding carboxylic acids is 1. The highest BCUT2D eigenvalue weighted by Crippen LogP contribution is 2.35. The summed E-state index contributed by atoms with van der Waals surface area (Å²) in [5.74, 6) is 0.163. The standard InChI is InChI=1S/C17H18F3N3O2S/c18-17(19,20)12-8-4-5-9-13(12)21-14(24)10-26-16-23-22-15(25-16)11-6-2-1-3-7-11/h4-5,8-9,11H,1-3,6-7,10H2,(H,21,24). The van der Waals surface area contributed by atoms with Gasteiger partial charge in [0, 0.05) is 5.92 Å². The molecule has 0 atom stereocenters. The lowest BCUT2D eigenvalue weighted by Gasteiger charge is -2.17. The maximum Gasteiger partial charge on any atom is 0.418 e. The van der Waals surface area contributed by atoms with Crippen molar-refractivity contribution in [2.24, 2.45) is 0 Å². The molecule has 0 bridgehead atoms. The van der Waals surface area contributed by atoms with E-state index in [1.54, 1.807) is 0 Å². The molecule has 1 amide bonds. The van der Waals surface area contributed by atoms with E-state index in [2.05, 4.69) is 15.5 Å². The van der Waals surface area contributed by atoms with Crippen molar-refractivity contribution in [1.29, 1.82) is 0 Å². The van der Waals surface area contributed by atoms with Gasteiger partial charge in [0.25, 0.3) is 5.22 Å². The van der Waals surface area contributed by atoms with Gasteiger partial charge in [-0.25, -0.2) is 0 Å². The molecule has 1 saturated carbocycles. The van der Waals surface area contributed by atoms with Crippen LogP contribution in [0.1, 0.15) is 49.5 Å². The number of carbonyl (C=O) groups is 1. The third-order valence-electron chi connectivity index (χ3n) is 4.21. The van der Waals surface area contributed by atoms with Crippen LogP contribution < -0.4 is 5.32 Å². The summed E-state index contributed by atoms with van der Waals surface area (Å²) in [6, 6.07) is 4.86. The molecule has 140 valence electrons. The highest BCUT2D eigenvalue weighted by atomic mass is 32.2. The fourth-order valence-electron chi connectivity index (χ4n) is 2.95. The molecule has 1 aromatic heterocycles. The quantitative estimate of drug-likeness (QED) is 0.744. The summed E-state index contributed by atoms with van der Waals surface area (Å²) >= 11 is 1.01. The Bertz CT molecular complexity index is 758. The summed E-state index contributed by atoms with van der Waals surface area (Å²) in [6.07, 6.45) is 0.985. The zero-order chi connectivity index (χ0) is 18.6. The number of nitrogens with one attached hydrogen (secondary N) is 1. The van der Waals surface area contributed by atoms with Crippen molar-refractivity contribution in [3.8, 4) is 0 Å². The number of amides is 1. The van der Waals surface area contributed by atoms with Gasteiger partial charge in [0.05, 0.1) is 17.0 Å². The number of alkyl halides is 3. The van der Waals surface area contributed by atoms with Crippen LogP contribution in [0.3, 0.4) is 0 Å². The van der Waals surface area contributed by atoms with Crippen LogP contribution in [0.2, 0.25) is 0 Å². The van der Waals surface area contributed by atoms with E-state index in [9.17, 15) is 18.0 Å². The van der Waals surface area contributed by atoms with Crippen molar-refractivity contribution in [2.75, 3.05) is 11.1 Å². The fraction of sp³-hybridized carbons (Fsp3) is 0.471. The van der Waals surface area contributed by atoms with Gasteiger partial charge in [-0.15, -0.1) is 10.2 Å². The van der Waals surface area contributed by atoms with Gasteiger partial charge in [-0.2, -0.15) is 13.2 Å². The van der Waals surface area contributed by atoms with Gasteiger partial charge < -0.3 is 9.73 Å². The number of rotatable bonds is 5. The Morgan fingerprint density at radius 2 is 1.92 bits per heavy atom. The third-order valence-corrected chi connectivity index (χ3v) is 5.03. The zero-order valence-corrected chi connectivity index (χ0v) is 14.7. The molecule has 0 aliphatic heterocycles. The molecule has 1 fully saturated rings. The highest BCUT2D eigenvalue weighted by Gasteiger charge is 2.33. The first kappa shape index (κ1) is 18.8. The van der Waals surface area contributed by atoms with Gasteiger partial charge >= 0.3 is 6.18 Å². The molecule has 1 heterocycles. The van der Waals surface area contributed by atoms with Crippen molar-refractivity contribution < 1.29 is 22.4 Å².